The third kappa shape index (κ3) is 1.77. The van der Waals surface area contributed by atoms with Crippen molar-refractivity contribution in [3.8, 4) is 11.5 Å². The lowest BCUT2D eigenvalue weighted by Gasteiger charge is -2.09. The number of nitrogens with zero attached hydrogens (tertiary/aromatic N) is 2. The Morgan fingerprint density at radius 2 is 2.24 bits per heavy atom. The zero-order chi connectivity index (χ0) is 11.8. The van der Waals surface area contributed by atoms with E-state index in [9.17, 15) is 0 Å². The lowest BCUT2D eigenvalue weighted by molar-refractivity contribution is 0.173. The molecule has 1 aromatic heterocycles. The number of fused-ring (bicyclic) bond motifs is 1. The summed E-state index contributed by atoms with van der Waals surface area (Å²) < 4.78 is 16.1. The summed E-state index contributed by atoms with van der Waals surface area (Å²) in [7, 11) is 0. The third-order valence-corrected chi connectivity index (χ3v) is 3.05. The van der Waals surface area contributed by atoms with E-state index in [0.717, 1.165) is 10.0 Å². The molecule has 7 heteroatoms. The van der Waals surface area contributed by atoms with E-state index in [1.165, 1.54) is 6.39 Å². The first-order valence-corrected chi connectivity index (χ1v) is 5.66. The number of nitrogens with two attached hydrogens (primary N) is 1. The number of hydrogen-bond acceptors (Lipinski definition) is 6. The molecule has 17 heavy (non-hydrogen) atoms. The van der Waals surface area contributed by atoms with E-state index in [-0.39, 0.29) is 6.79 Å². The van der Waals surface area contributed by atoms with E-state index >= 15 is 0 Å². The van der Waals surface area contributed by atoms with Crippen LogP contribution in [0.1, 0.15) is 17.4 Å². The summed E-state index contributed by atoms with van der Waals surface area (Å²) in [6, 6.07) is 3.21. The molecule has 1 aromatic carbocycles. The van der Waals surface area contributed by atoms with Crippen molar-refractivity contribution in [3.05, 3.63) is 34.4 Å². The molecule has 2 N–H and O–H groups in total. The van der Waals surface area contributed by atoms with Gasteiger partial charge in [0.1, 0.15) is 0 Å². The minimum Gasteiger partial charge on any atom is -0.454 e. The Kier molecular flexibility index (Phi) is 2.49. The maximum Gasteiger partial charge on any atom is 0.231 e. The first-order chi connectivity index (χ1) is 8.25. The highest BCUT2D eigenvalue weighted by Crippen LogP contribution is 2.41. The van der Waals surface area contributed by atoms with Crippen molar-refractivity contribution < 1.29 is 14.0 Å². The van der Waals surface area contributed by atoms with Crippen LogP contribution < -0.4 is 15.2 Å². The van der Waals surface area contributed by atoms with Crippen LogP contribution in [0.25, 0.3) is 0 Å². The summed E-state index contributed by atoms with van der Waals surface area (Å²) in [5.74, 6) is 1.78. The van der Waals surface area contributed by atoms with Gasteiger partial charge in [-0.1, -0.05) is 5.16 Å². The van der Waals surface area contributed by atoms with Gasteiger partial charge in [0, 0.05) is 0 Å². The average molecular weight is 298 g/mol. The topological polar surface area (TPSA) is 83.4 Å². The maximum absolute atomic E-state index is 6.02. The van der Waals surface area contributed by atoms with E-state index in [4.69, 9.17) is 15.2 Å². The van der Waals surface area contributed by atoms with Gasteiger partial charge in [0.2, 0.25) is 13.2 Å². The summed E-state index contributed by atoms with van der Waals surface area (Å²) in [5, 5.41) is 3.72. The van der Waals surface area contributed by atoms with Gasteiger partial charge in [0.15, 0.2) is 17.3 Å². The molecule has 0 aliphatic carbocycles. The van der Waals surface area contributed by atoms with Gasteiger partial charge in [-0.15, -0.1) is 0 Å². The second-order valence-corrected chi connectivity index (χ2v) is 4.36. The van der Waals surface area contributed by atoms with E-state index < -0.39 is 6.04 Å². The summed E-state index contributed by atoms with van der Waals surface area (Å²) in [4.78, 5) is 3.93. The Bertz CT molecular complexity index is 544. The normalized spacial score (nSPS) is 14.9. The van der Waals surface area contributed by atoms with E-state index in [1.54, 1.807) is 0 Å². The molecule has 0 spiro atoms. The molecule has 2 heterocycles. The Morgan fingerprint density at radius 3 is 3.00 bits per heavy atom. The van der Waals surface area contributed by atoms with Crippen LogP contribution in [0, 0.1) is 0 Å². The number of benzene rings is 1. The van der Waals surface area contributed by atoms with E-state index in [0.29, 0.717) is 17.3 Å². The van der Waals surface area contributed by atoms with Crippen molar-refractivity contribution in [2.45, 2.75) is 6.04 Å². The van der Waals surface area contributed by atoms with Gasteiger partial charge in [-0.25, -0.2) is 0 Å². The number of ether oxygens (including phenoxy) is 2. The Labute approximate surface area is 105 Å². The standard InChI is InChI=1S/C10H8BrN3O3/c11-6-1-5(2-7-9(6)16-4-15-7)8(12)10-13-3-17-14-10/h1-3,8H,4,12H2. The summed E-state index contributed by atoms with van der Waals surface area (Å²) in [5.41, 5.74) is 6.84. The monoisotopic (exact) mass is 297 g/mol. The zero-order valence-corrected chi connectivity index (χ0v) is 10.2. The quantitative estimate of drug-likeness (QED) is 0.907. The molecule has 2 aromatic rings. The first kappa shape index (κ1) is 10.5. The fraction of sp³-hybridized carbons (Fsp3) is 0.200. The fourth-order valence-electron chi connectivity index (χ4n) is 1.63. The number of rotatable bonds is 2. The van der Waals surface area contributed by atoms with Crippen LogP contribution in [-0.2, 0) is 0 Å². The largest absolute Gasteiger partial charge is 0.454 e. The highest BCUT2D eigenvalue weighted by Gasteiger charge is 2.22. The number of hydrogen-bond donors (Lipinski definition) is 1. The minimum absolute atomic E-state index is 0.217. The Morgan fingerprint density at radius 1 is 1.35 bits per heavy atom. The van der Waals surface area contributed by atoms with Crippen molar-refractivity contribution in [2.75, 3.05) is 6.79 Å². The SMILES string of the molecule is NC(c1cc(Br)c2c(c1)OCO2)c1ncon1. The predicted octanol–water partition coefficient (Wildman–Crippen LogP) is 1.61. The molecule has 1 aliphatic heterocycles. The molecule has 88 valence electrons. The highest BCUT2D eigenvalue weighted by atomic mass is 79.9. The fourth-order valence-corrected chi connectivity index (χ4v) is 2.21. The molecular formula is C10H8BrN3O3. The Hall–Kier alpha value is -1.60. The zero-order valence-electron chi connectivity index (χ0n) is 8.59. The van der Waals surface area contributed by atoms with Crippen LogP contribution in [0.2, 0.25) is 0 Å². The molecule has 0 fully saturated rings. The van der Waals surface area contributed by atoms with Crippen LogP contribution in [0.5, 0.6) is 11.5 Å². The second kappa shape index (κ2) is 4.01. The molecular weight excluding hydrogens is 290 g/mol. The van der Waals surface area contributed by atoms with Crippen LogP contribution >= 0.6 is 15.9 Å². The molecule has 1 unspecified atom stereocenters. The maximum atomic E-state index is 6.02. The van der Waals surface area contributed by atoms with Gasteiger partial charge in [0.25, 0.3) is 0 Å². The average Bonchev–Trinajstić information content (AvgIpc) is 2.98. The summed E-state index contributed by atoms with van der Waals surface area (Å²) in [6.45, 7) is 0.217. The Balaban J connectivity index is 2.02. The molecule has 3 rings (SSSR count). The molecule has 1 atom stereocenters. The van der Waals surface area contributed by atoms with Gasteiger partial charge in [-0.2, -0.15) is 4.98 Å². The van der Waals surface area contributed by atoms with Crippen molar-refractivity contribution in [2.24, 2.45) is 5.73 Å². The molecule has 0 bridgehead atoms. The van der Waals surface area contributed by atoms with Crippen LogP contribution in [0.4, 0.5) is 0 Å². The molecule has 0 radical (unpaired) electrons. The van der Waals surface area contributed by atoms with Gasteiger partial charge in [-0.05, 0) is 33.6 Å². The number of halogens is 1. The van der Waals surface area contributed by atoms with Gasteiger partial charge < -0.3 is 19.7 Å². The lowest BCUT2D eigenvalue weighted by atomic mass is 10.1. The van der Waals surface area contributed by atoms with E-state index in [2.05, 4.69) is 30.6 Å². The number of aromatic nitrogens is 2. The van der Waals surface area contributed by atoms with Gasteiger partial charge in [0.05, 0.1) is 10.5 Å². The predicted molar refractivity (Wildman–Crippen MR) is 60.6 cm³/mol. The molecule has 1 aliphatic rings. The van der Waals surface area contributed by atoms with Crippen molar-refractivity contribution in [1.82, 2.24) is 10.1 Å². The minimum atomic E-state index is -0.459. The van der Waals surface area contributed by atoms with Crippen LogP contribution in [0.15, 0.2) is 27.5 Å². The van der Waals surface area contributed by atoms with Gasteiger partial charge >= 0.3 is 0 Å². The van der Waals surface area contributed by atoms with E-state index in [1.807, 2.05) is 12.1 Å². The molecule has 6 nitrogen and oxygen atoms in total. The summed E-state index contributed by atoms with van der Waals surface area (Å²) in [6.07, 6.45) is 1.25. The third-order valence-electron chi connectivity index (χ3n) is 2.47. The van der Waals surface area contributed by atoms with Crippen LogP contribution in [0.3, 0.4) is 0 Å². The molecule has 0 saturated carbocycles. The summed E-state index contributed by atoms with van der Waals surface area (Å²) >= 11 is 3.40. The van der Waals surface area contributed by atoms with Crippen molar-refractivity contribution in [3.63, 3.8) is 0 Å². The van der Waals surface area contributed by atoms with Crippen molar-refractivity contribution in [1.29, 1.82) is 0 Å². The van der Waals surface area contributed by atoms with Crippen molar-refractivity contribution >= 4 is 15.9 Å². The second-order valence-electron chi connectivity index (χ2n) is 3.50. The molecule has 0 saturated heterocycles. The van der Waals surface area contributed by atoms with Crippen LogP contribution in [-0.4, -0.2) is 16.9 Å². The lowest BCUT2D eigenvalue weighted by Crippen LogP contribution is -2.13. The van der Waals surface area contributed by atoms with Gasteiger partial charge in [-0.3, -0.25) is 0 Å². The molecule has 0 amide bonds. The first-order valence-electron chi connectivity index (χ1n) is 4.86. The highest BCUT2D eigenvalue weighted by molar-refractivity contribution is 9.10. The smallest absolute Gasteiger partial charge is 0.231 e.